The minimum Gasteiger partial charge on any atom is -0.314 e. The Morgan fingerprint density at radius 3 is 2.44 bits per heavy atom. The van der Waals surface area contributed by atoms with Crippen LogP contribution in [-0.2, 0) is 6.54 Å². The second kappa shape index (κ2) is 10.4. The zero-order chi connectivity index (χ0) is 27.9. The number of rotatable bonds is 7. The zero-order valence-corrected chi connectivity index (χ0v) is 24.8. The molecule has 0 aliphatic rings. The molecule has 1 N–H and O–H groups in total. The maximum atomic E-state index is 5.09. The van der Waals surface area contributed by atoms with E-state index in [-0.39, 0.29) is 11.3 Å². The molecule has 0 unspecified atom stereocenters. The number of benzene rings is 1. The normalized spacial score (nSPS) is 11.9. The van der Waals surface area contributed by atoms with Gasteiger partial charge in [0.25, 0.3) is 0 Å². The fourth-order valence-corrected chi connectivity index (χ4v) is 5.41. The molecule has 0 aliphatic carbocycles. The molecule has 39 heavy (non-hydrogen) atoms. The van der Waals surface area contributed by atoms with Crippen molar-refractivity contribution in [3.8, 4) is 11.1 Å². The summed E-state index contributed by atoms with van der Waals surface area (Å²) in [6, 6.07) is 14.3. The van der Waals surface area contributed by atoms with Crippen molar-refractivity contribution in [3.63, 3.8) is 0 Å². The van der Waals surface area contributed by atoms with E-state index in [1.54, 1.807) is 11.3 Å². The molecule has 4 aromatic heterocycles. The van der Waals surface area contributed by atoms with Crippen LogP contribution in [0.15, 0.2) is 48.7 Å². The van der Waals surface area contributed by atoms with Crippen LogP contribution in [0.2, 0.25) is 0 Å². The summed E-state index contributed by atoms with van der Waals surface area (Å²) < 4.78 is 3.23. The van der Waals surface area contributed by atoms with Crippen LogP contribution in [0, 0.1) is 19.3 Å². The van der Waals surface area contributed by atoms with E-state index in [2.05, 4.69) is 78.9 Å². The first-order valence-electron chi connectivity index (χ1n) is 13.2. The molecule has 0 radical (unpaired) electrons. The van der Waals surface area contributed by atoms with Crippen molar-refractivity contribution in [1.82, 2.24) is 29.9 Å². The maximum Gasteiger partial charge on any atom is 0.189 e. The fraction of sp³-hybridized carbons (Fsp3) is 0.367. The average Bonchev–Trinajstić information content (AvgIpc) is 3.46. The van der Waals surface area contributed by atoms with Crippen LogP contribution in [0.5, 0.6) is 0 Å². The first-order chi connectivity index (χ1) is 18.5. The first-order valence-corrected chi connectivity index (χ1v) is 14.1. The van der Waals surface area contributed by atoms with Crippen molar-refractivity contribution in [2.45, 2.75) is 60.9 Å². The molecule has 0 saturated carbocycles. The van der Waals surface area contributed by atoms with E-state index in [1.165, 1.54) is 0 Å². The van der Waals surface area contributed by atoms with E-state index in [0.717, 1.165) is 61.6 Å². The highest BCUT2D eigenvalue weighted by Crippen LogP contribution is 2.34. The van der Waals surface area contributed by atoms with Crippen molar-refractivity contribution < 1.29 is 0 Å². The molecule has 0 bridgehead atoms. The van der Waals surface area contributed by atoms with Crippen LogP contribution in [-0.4, -0.2) is 37.0 Å². The van der Waals surface area contributed by atoms with Gasteiger partial charge in [-0.2, -0.15) is 5.10 Å². The van der Waals surface area contributed by atoms with Crippen molar-refractivity contribution in [2.75, 3.05) is 17.3 Å². The summed E-state index contributed by atoms with van der Waals surface area (Å²) in [5.74, 6) is 2.49. The Kier molecular flexibility index (Phi) is 7.11. The molecule has 0 spiro atoms. The van der Waals surface area contributed by atoms with Crippen LogP contribution < -0.4 is 10.2 Å². The average molecular weight is 541 g/mol. The van der Waals surface area contributed by atoms with E-state index < -0.39 is 0 Å². The number of hydrogen-bond donors (Lipinski definition) is 1. The van der Waals surface area contributed by atoms with Crippen LogP contribution in [0.3, 0.4) is 0 Å². The summed E-state index contributed by atoms with van der Waals surface area (Å²) in [7, 11) is 1.98. The quantitative estimate of drug-likeness (QED) is 0.227. The van der Waals surface area contributed by atoms with Gasteiger partial charge in [-0.05, 0) is 61.1 Å². The van der Waals surface area contributed by atoms with Crippen molar-refractivity contribution >= 4 is 44.1 Å². The molecule has 5 aromatic rings. The number of hydrogen-bond acceptors (Lipinski definition) is 8. The molecule has 5 rings (SSSR count). The standard InChI is InChI=1S/C30H36N8S/c1-18(2)27-21(22-16-31-38(20(22)4)17-30(5,6)7)13-14-25(33-27)37(8)26-15-19(3)28(36-35-26)34-29-32-23-11-9-10-12-24(23)39-29/h9-16,18H,17H2,1-8H3,(H,32,34,36). The van der Waals surface area contributed by atoms with Gasteiger partial charge in [-0.25, -0.2) is 9.97 Å². The maximum absolute atomic E-state index is 5.09. The number of nitrogens with zero attached hydrogens (tertiary/aromatic N) is 7. The van der Waals surface area contributed by atoms with E-state index in [9.17, 15) is 0 Å². The molecule has 4 heterocycles. The third-order valence-electron chi connectivity index (χ3n) is 6.65. The summed E-state index contributed by atoms with van der Waals surface area (Å²) in [5.41, 5.74) is 6.55. The van der Waals surface area contributed by atoms with Crippen LogP contribution in [0.1, 0.15) is 57.5 Å². The number of nitrogens with one attached hydrogen (secondary N) is 1. The lowest BCUT2D eigenvalue weighted by atomic mass is 9.96. The molecule has 0 atom stereocenters. The monoisotopic (exact) mass is 540 g/mol. The summed E-state index contributed by atoms with van der Waals surface area (Å²) in [6.07, 6.45) is 1.97. The molecule has 0 saturated heterocycles. The van der Waals surface area contributed by atoms with Crippen LogP contribution in [0.4, 0.5) is 22.6 Å². The summed E-state index contributed by atoms with van der Waals surface area (Å²) in [4.78, 5) is 11.7. The Balaban J connectivity index is 1.41. The molecule has 0 fully saturated rings. The van der Waals surface area contributed by atoms with Gasteiger partial charge in [0.15, 0.2) is 16.8 Å². The number of aromatic nitrogens is 6. The number of thiazole rings is 1. The fourth-order valence-electron chi connectivity index (χ4n) is 4.54. The lowest BCUT2D eigenvalue weighted by molar-refractivity contribution is 0.322. The third-order valence-corrected chi connectivity index (χ3v) is 7.60. The van der Waals surface area contributed by atoms with Crippen molar-refractivity contribution in [2.24, 2.45) is 5.41 Å². The molecule has 8 nitrogen and oxygen atoms in total. The molecular weight excluding hydrogens is 504 g/mol. The Morgan fingerprint density at radius 2 is 1.74 bits per heavy atom. The second-order valence-corrected chi connectivity index (χ2v) is 12.6. The molecule has 9 heteroatoms. The summed E-state index contributed by atoms with van der Waals surface area (Å²) >= 11 is 1.60. The van der Waals surface area contributed by atoms with Gasteiger partial charge in [-0.15, -0.1) is 10.2 Å². The van der Waals surface area contributed by atoms with Gasteiger partial charge >= 0.3 is 0 Å². The van der Waals surface area contributed by atoms with Gasteiger partial charge in [0.05, 0.1) is 22.1 Å². The minimum absolute atomic E-state index is 0.151. The minimum atomic E-state index is 0.151. The highest BCUT2D eigenvalue weighted by molar-refractivity contribution is 7.22. The van der Waals surface area contributed by atoms with Crippen LogP contribution in [0.25, 0.3) is 21.3 Å². The lowest BCUT2D eigenvalue weighted by Crippen LogP contribution is -2.17. The van der Waals surface area contributed by atoms with Gasteiger partial charge in [0.1, 0.15) is 5.82 Å². The Morgan fingerprint density at radius 1 is 0.974 bits per heavy atom. The molecule has 0 amide bonds. The Bertz CT molecular complexity index is 1590. The molecule has 0 aliphatic heterocycles. The largest absolute Gasteiger partial charge is 0.314 e. The Hall–Kier alpha value is -3.85. The smallest absolute Gasteiger partial charge is 0.189 e. The second-order valence-electron chi connectivity index (χ2n) is 11.5. The van der Waals surface area contributed by atoms with Gasteiger partial charge < -0.3 is 10.2 Å². The lowest BCUT2D eigenvalue weighted by Gasteiger charge is -2.21. The van der Waals surface area contributed by atoms with Gasteiger partial charge in [-0.1, -0.05) is 58.1 Å². The number of anilines is 4. The number of para-hydroxylation sites is 1. The van der Waals surface area contributed by atoms with Gasteiger partial charge in [0.2, 0.25) is 0 Å². The predicted molar refractivity (Wildman–Crippen MR) is 161 cm³/mol. The predicted octanol–water partition coefficient (Wildman–Crippen LogP) is 7.64. The SMILES string of the molecule is Cc1cc(N(C)c2ccc(-c3cnn(CC(C)(C)C)c3C)c(C(C)C)n2)nnc1Nc1nc2ccccc2s1. The van der Waals surface area contributed by atoms with E-state index in [4.69, 9.17) is 10.1 Å². The van der Waals surface area contributed by atoms with Crippen molar-refractivity contribution in [1.29, 1.82) is 0 Å². The summed E-state index contributed by atoms with van der Waals surface area (Å²) in [6.45, 7) is 16.1. The number of pyridine rings is 1. The first kappa shape index (κ1) is 26.7. The van der Waals surface area contributed by atoms with E-state index in [1.807, 2.05) is 55.4 Å². The molecule has 1 aromatic carbocycles. The van der Waals surface area contributed by atoms with E-state index in [0.29, 0.717) is 5.82 Å². The number of fused-ring (bicyclic) bond motifs is 1. The molecule has 202 valence electrons. The van der Waals surface area contributed by atoms with Gasteiger partial charge in [-0.3, -0.25) is 4.68 Å². The topological polar surface area (TPSA) is 84.7 Å². The van der Waals surface area contributed by atoms with Gasteiger partial charge in [0, 0.05) is 30.4 Å². The third kappa shape index (κ3) is 5.63. The summed E-state index contributed by atoms with van der Waals surface area (Å²) in [5, 5.41) is 17.8. The Labute approximate surface area is 234 Å². The number of aryl methyl sites for hydroxylation is 1. The zero-order valence-electron chi connectivity index (χ0n) is 23.9. The highest BCUT2D eigenvalue weighted by Gasteiger charge is 2.20. The highest BCUT2D eigenvalue weighted by atomic mass is 32.1. The van der Waals surface area contributed by atoms with Crippen LogP contribution >= 0.6 is 11.3 Å². The van der Waals surface area contributed by atoms with Crippen molar-refractivity contribution in [3.05, 3.63) is 65.6 Å². The molecular formula is C30H36N8S. The van der Waals surface area contributed by atoms with E-state index >= 15 is 0 Å².